The Kier molecular flexibility index (Phi) is 6.65. The fraction of sp³-hybridized carbons (Fsp3) is 0.526. The van der Waals surface area contributed by atoms with Crippen LogP contribution in [0.2, 0.25) is 0 Å². The molecule has 2 N–H and O–H groups in total. The molecule has 9 nitrogen and oxygen atoms in total. The number of likely N-dealkylation sites (tertiary alicyclic amines) is 1. The van der Waals surface area contributed by atoms with Crippen LogP contribution in [-0.2, 0) is 20.0 Å². The van der Waals surface area contributed by atoms with Crippen molar-refractivity contribution in [2.75, 3.05) is 26.2 Å². The summed E-state index contributed by atoms with van der Waals surface area (Å²) in [6.45, 7) is 2.75. The summed E-state index contributed by atoms with van der Waals surface area (Å²) in [6, 6.07) is 5.42. The van der Waals surface area contributed by atoms with Gasteiger partial charge >= 0.3 is 0 Å². The summed E-state index contributed by atoms with van der Waals surface area (Å²) in [7, 11) is -7.52. The number of piperidine rings is 2. The van der Waals surface area contributed by atoms with Gasteiger partial charge in [0.1, 0.15) is 6.10 Å². The van der Waals surface area contributed by atoms with Crippen molar-refractivity contribution in [2.24, 2.45) is 5.14 Å². The molecule has 0 aliphatic carbocycles. The van der Waals surface area contributed by atoms with Crippen LogP contribution in [0.25, 0.3) is 0 Å². The van der Waals surface area contributed by atoms with E-state index in [1.54, 1.807) is 6.20 Å². The molecule has 0 atom stereocenters. The monoisotopic (exact) mass is 486 g/mol. The molecule has 1 aromatic carbocycles. The van der Waals surface area contributed by atoms with E-state index >= 15 is 0 Å². The van der Waals surface area contributed by atoms with E-state index in [1.165, 1.54) is 39.9 Å². The molecule has 2 aromatic rings. The third-order valence-corrected chi connectivity index (χ3v) is 9.39. The van der Waals surface area contributed by atoms with E-state index in [9.17, 15) is 16.8 Å². The number of nitrogens with zero attached hydrogens (tertiary/aromatic N) is 3. The average molecular weight is 487 g/mol. The number of thiazole rings is 1. The standard InChI is InChI=1S/C19H26N4O5S3/c20-30(24,25)17-1-3-18(4-2-17)31(26,27)23-12-5-15(6-13-23)22-10-7-16(8-11-22)28-19-21-9-14-29-19/h1-4,9,14-16H,5-8,10-13H2,(H2,20,24,25). The minimum Gasteiger partial charge on any atom is -0.467 e. The third kappa shape index (κ3) is 5.26. The van der Waals surface area contributed by atoms with Crippen molar-refractivity contribution in [3.63, 3.8) is 0 Å². The van der Waals surface area contributed by atoms with Crippen LogP contribution in [0.5, 0.6) is 5.19 Å². The zero-order valence-electron chi connectivity index (χ0n) is 17.0. The predicted octanol–water partition coefficient (Wildman–Crippen LogP) is 1.49. The lowest BCUT2D eigenvalue weighted by Gasteiger charge is -2.41. The molecule has 4 rings (SSSR count). The first-order valence-corrected chi connectivity index (χ1v) is 14.0. The van der Waals surface area contributed by atoms with Crippen molar-refractivity contribution in [1.82, 2.24) is 14.2 Å². The van der Waals surface area contributed by atoms with Crippen LogP contribution in [0.4, 0.5) is 0 Å². The summed E-state index contributed by atoms with van der Waals surface area (Å²) < 4.78 is 56.0. The van der Waals surface area contributed by atoms with E-state index < -0.39 is 20.0 Å². The first kappa shape index (κ1) is 22.6. The Morgan fingerprint density at radius 3 is 2.10 bits per heavy atom. The van der Waals surface area contributed by atoms with Crippen LogP contribution in [0.15, 0.2) is 45.6 Å². The van der Waals surface area contributed by atoms with Gasteiger partial charge in [0.25, 0.3) is 5.19 Å². The Morgan fingerprint density at radius 2 is 1.55 bits per heavy atom. The van der Waals surface area contributed by atoms with Gasteiger partial charge in [-0.25, -0.2) is 27.0 Å². The zero-order chi connectivity index (χ0) is 22.1. The van der Waals surface area contributed by atoms with Gasteiger partial charge in [-0.15, -0.1) is 0 Å². The normalized spacial score (nSPS) is 20.7. The quantitative estimate of drug-likeness (QED) is 0.656. The van der Waals surface area contributed by atoms with E-state index in [4.69, 9.17) is 9.88 Å². The molecule has 0 unspecified atom stereocenters. The SMILES string of the molecule is NS(=O)(=O)c1ccc(S(=O)(=O)N2CCC(N3CCC(Oc4nccs4)CC3)CC2)cc1. The molecule has 3 heterocycles. The van der Waals surface area contributed by atoms with Gasteiger partial charge < -0.3 is 9.64 Å². The van der Waals surface area contributed by atoms with E-state index in [-0.39, 0.29) is 15.9 Å². The number of hydrogen-bond acceptors (Lipinski definition) is 8. The number of primary sulfonamides is 1. The van der Waals surface area contributed by atoms with Gasteiger partial charge in [0.05, 0.1) is 9.79 Å². The highest BCUT2D eigenvalue weighted by atomic mass is 32.2. The molecule has 0 bridgehead atoms. The summed E-state index contributed by atoms with van der Waals surface area (Å²) in [4.78, 5) is 6.59. The fourth-order valence-electron chi connectivity index (χ4n) is 4.17. The number of sulfonamides is 2. The molecule has 2 fully saturated rings. The smallest absolute Gasteiger partial charge is 0.273 e. The number of hydrogen-bond donors (Lipinski definition) is 1. The number of benzene rings is 1. The Labute approximate surface area is 186 Å². The molecule has 170 valence electrons. The number of rotatable bonds is 6. The fourth-order valence-corrected chi connectivity index (χ4v) is 6.70. The molecule has 0 radical (unpaired) electrons. The second-order valence-electron chi connectivity index (χ2n) is 7.80. The summed E-state index contributed by atoms with van der Waals surface area (Å²) in [6.07, 6.45) is 5.34. The van der Waals surface area contributed by atoms with E-state index in [0.29, 0.717) is 24.3 Å². The predicted molar refractivity (Wildman–Crippen MR) is 117 cm³/mol. The highest BCUT2D eigenvalue weighted by molar-refractivity contribution is 7.89. The van der Waals surface area contributed by atoms with Crippen molar-refractivity contribution in [3.8, 4) is 5.19 Å². The third-order valence-electron chi connectivity index (χ3n) is 5.88. The summed E-state index contributed by atoms with van der Waals surface area (Å²) >= 11 is 1.50. The van der Waals surface area contributed by atoms with Crippen molar-refractivity contribution in [2.45, 2.75) is 47.6 Å². The van der Waals surface area contributed by atoms with Gasteiger partial charge in [0.15, 0.2) is 0 Å². The zero-order valence-corrected chi connectivity index (χ0v) is 19.4. The highest BCUT2D eigenvalue weighted by Gasteiger charge is 2.33. The second-order valence-corrected chi connectivity index (χ2v) is 12.2. The van der Waals surface area contributed by atoms with Crippen LogP contribution < -0.4 is 9.88 Å². The van der Waals surface area contributed by atoms with Crippen LogP contribution in [0, 0.1) is 0 Å². The highest BCUT2D eigenvalue weighted by Crippen LogP contribution is 2.27. The molecule has 2 aliphatic rings. The second kappa shape index (κ2) is 9.12. The largest absolute Gasteiger partial charge is 0.467 e. The molecule has 2 aliphatic heterocycles. The molecular weight excluding hydrogens is 460 g/mol. The molecule has 0 saturated carbocycles. The molecule has 2 saturated heterocycles. The van der Waals surface area contributed by atoms with Gasteiger partial charge in [-0.3, -0.25) is 0 Å². The van der Waals surface area contributed by atoms with E-state index in [2.05, 4.69) is 9.88 Å². The minimum absolute atomic E-state index is 0.0819. The number of nitrogens with two attached hydrogens (primary N) is 1. The van der Waals surface area contributed by atoms with Crippen molar-refractivity contribution in [1.29, 1.82) is 0 Å². The Hall–Kier alpha value is -1.57. The first-order valence-electron chi connectivity index (χ1n) is 10.2. The number of aromatic nitrogens is 1. The lowest BCUT2D eigenvalue weighted by Crippen LogP contribution is -2.50. The van der Waals surface area contributed by atoms with Crippen LogP contribution in [0.1, 0.15) is 25.7 Å². The number of ether oxygens (including phenoxy) is 1. The Morgan fingerprint density at radius 1 is 0.935 bits per heavy atom. The van der Waals surface area contributed by atoms with E-state index in [1.807, 2.05) is 5.38 Å². The maximum absolute atomic E-state index is 12.9. The van der Waals surface area contributed by atoms with Crippen molar-refractivity contribution >= 4 is 31.4 Å². The Balaban J connectivity index is 1.30. The summed E-state index contributed by atoms with van der Waals surface area (Å²) in [5.41, 5.74) is 0. The topological polar surface area (TPSA) is 123 Å². The minimum atomic E-state index is -3.85. The Bertz CT molecular complexity index is 1070. The van der Waals surface area contributed by atoms with Crippen LogP contribution >= 0.6 is 11.3 Å². The van der Waals surface area contributed by atoms with Gasteiger partial charge in [-0.2, -0.15) is 4.31 Å². The first-order chi connectivity index (χ1) is 14.7. The lowest BCUT2D eigenvalue weighted by atomic mass is 10.00. The van der Waals surface area contributed by atoms with Crippen LogP contribution in [-0.4, -0.2) is 69.3 Å². The molecule has 1 aromatic heterocycles. The van der Waals surface area contributed by atoms with Gasteiger partial charge in [0.2, 0.25) is 20.0 Å². The maximum atomic E-state index is 12.9. The molecule has 12 heteroatoms. The van der Waals surface area contributed by atoms with Gasteiger partial charge in [0, 0.05) is 43.8 Å². The van der Waals surface area contributed by atoms with Gasteiger partial charge in [-0.05, 0) is 49.9 Å². The van der Waals surface area contributed by atoms with Crippen LogP contribution in [0.3, 0.4) is 0 Å². The molecule has 31 heavy (non-hydrogen) atoms. The average Bonchev–Trinajstić information content (AvgIpc) is 3.27. The van der Waals surface area contributed by atoms with Crippen molar-refractivity contribution < 1.29 is 21.6 Å². The van der Waals surface area contributed by atoms with Gasteiger partial charge in [-0.1, -0.05) is 11.3 Å². The molecular formula is C19H26N4O5S3. The lowest BCUT2D eigenvalue weighted by molar-refractivity contribution is 0.0584. The van der Waals surface area contributed by atoms with E-state index in [0.717, 1.165) is 38.8 Å². The molecule has 0 spiro atoms. The summed E-state index contributed by atoms with van der Waals surface area (Å²) in [5, 5.41) is 7.70. The molecule has 0 amide bonds. The summed E-state index contributed by atoms with van der Waals surface area (Å²) in [5.74, 6) is 0. The van der Waals surface area contributed by atoms with Crippen molar-refractivity contribution in [3.05, 3.63) is 35.8 Å². The maximum Gasteiger partial charge on any atom is 0.273 e.